The van der Waals surface area contributed by atoms with Crippen LogP contribution in [-0.4, -0.2) is 25.8 Å². The van der Waals surface area contributed by atoms with Gasteiger partial charge in [-0.2, -0.15) is 5.26 Å². The van der Waals surface area contributed by atoms with Gasteiger partial charge in [0.15, 0.2) is 23.0 Å². The molecule has 0 aromatic heterocycles. The van der Waals surface area contributed by atoms with E-state index in [1.165, 1.54) is 0 Å². The number of hydrogen-bond acceptors (Lipinski definition) is 6. The summed E-state index contributed by atoms with van der Waals surface area (Å²) in [6.45, 7) is 5.10. The summed E-state index contributed by atoms with van der Waals surface area (Å²) in [6, 6.07) is 12.2. The van der Waals surface area contributed by atoms with Crippen LogP contribution < -0.4 is 18.9 Å². The molecule has 0 saturated carbocycles. The second-order valence-corrected chi connectivity index (χ2v) is 6.05. The molecule has 0 radical (unpaired) electrons. The Bertz CT molecular complexity index is 942. The molecule has 0 atom stereocenters. The minimum atomic E-state index is -0.384. The van der Waals surface area contributed by atoms with Gasteiger partial charge in [-0.05, 0) is 55.3 Å². The van der Waals surface area contributed by atoms with E-state index in [9.17, 15) is 10.1 Å². The van der Waals surface area contributed by atoms with Gasteiger partial charge in [0.1, 0.15) is 11.6 Å². The number of carbonyl (C=O) groups is 1. The number of nitrogens with zero attached hydrogens (tertiary/aromatic N) is 1. The van der Waals surface area contributed by atoms with Gasteiger partial charge in [0.25, 0.3) is 0 Å². The highest BCUT2D eigenvalue weighted by Gasteiger charge is 2.19. The van der Waals surface area contributed by atoms with Crippen molar-refractivity contribution in [1.82, 2.24) is 0 Å². The predicted octanol–water partition coefficient (Wildman–Crippen LogP) is 4.39. The minimum Gasteiger partial charge on any atom is -0.490 e. The molecule has 28 heavy (non-hydrogen) atoms. The number of ketones is 1. The standard InChI is InChI=1S/C22H21NO5/c1-3-9-26-18-7-5-15(11-20(18)25-4-2)10-17(13-23)22(24)16-6-8-19-21(12-16)28-14-27-19/h5-8,10-12H,3-4,9,14H2,1-2H3/b17-10-. The molecule has 0 fully saturated rings. The minimum absolute atomic E-state index is 0.0172. The van der Waals surface area contributed by atoms with Crippen LogP contribution in [0, 0.1) is 11.3 Å². The van der Waals surface area contributed by atoms with E-state index in [0.29, 0.717) is 47.3 Å². The fraction of sp³-hybridized carbons (Fsp3) is 0.273. The van der Waals surface area contributed by atoms with Crippen LogP contribution in [0.25, 0.3) is 6.08 Å². The number of allylic oxidation sites excluding steroid dienone is 1. The molecule has 6 heteroatoms. The van der Waals surface area contributed by atoms with Crippen molar-refractivity contribution in [2.75, 3.05) is 20.0 Å². The molecule has 0 bridgehead atoms. The van der Waals surface area contributed by atoms with Gasteiger partial charge in [-0.25, -0.2) is 0 Å². The van der Waals surface area contributed by atoms with Gasteiger partial charge in [-0.15, -0.1) is 0 Å². The molecule has 1 heterocycles. The summed E-state index contributed by atoms with van der Waals surface area (Å²) >= 11 is 0. The normalized spacial score (nSPS) is 12.4. The zero-order valence-corrected chi connectivity index (χ0v) is 15.9. The van der Waals surface area contributed by atoms with Gasteiger partial charge in [0.05, 0.1) is 13.2 Å². The van der Waals surface area contributed by atoms with E-state index in [0.717, 1.165) is 6.42 Å². The Labute approximate surface area is 163 Å². The van der Waals surface area contributed by atoms with Crippen LogP contribution in [-0.2, 0) is 0 Å². The van der Waals surface area contributed by atoms with E-state index in [1.807, 2.05) is 19.9 Å². The first-order valence-electron chi connectivity index (χ1n) is 9.12. The van der Waals surface area contributed by atoms with Crippen molar-refractivity contribution in [2.45, 2.75) is 20.3 Å². The Balaban J connectivity index is 1.88. The number of nitriles is 1. The van der Waals surface area contributed by atoms with Crippen molar-refractivity contribution in [1.29, 1.82) is 5.26 Å². The van der Waals surface area contributed by atoms with Crippen molar-refractivity contribution in [3.05, 3.63) is 53.1 Å². The van der Waals surface area contributed by atoms with Gasteiger partial charge >= 0.3 is 0 Å². The monoisotopic (exact) mass is 379 g/mol. The summed E-state index contributed by atoms with van der Waals surface area (Å²) in [7, 11) is 0. The van der Waals surface area contributed by atoms with Crippen molar-refractivity contribution in [3.63, 3.8) is 0 Å². The number of fused-ring (bicyclic) bond motifs is 1. The zero-order chi connectivity index (χ0) is 19.9. The highest BCUT2D eigenvalue weighted by atomic mass is 16.7. The number of rotatable bonds is 8. The SMILES string of the molecule is CCCOc1ccc(/C=C(/C#N)C(=O)c2ccc3c(c2)OCO3)cc1OCC. The maximum Gasteiger partial charge on any atom is 0.231 e. The fourth-order valence-corrected chi connectivity index (χ4v) is 2.72. The van der Waals surface area contributed by atoms with Gasteiger partial charge in [0, 0.05) is 5.56 Å². The van der Waals surface area contributed by atoms with E-state index >= 15 is 0 Å². The Kier molecular flexibility index (Phi) is 6.18. The second-order valence-electron chi connectivity index (χ2n) is 6.05. The van der Waals surface area contributed by atoms with E-state index in [-0.39, 0.29) is 18.1 Å². The third-order valence-corrected chi connectivity index (χ3v) is 4.04. The second kappa shape index (κ2) is 8.96. The maximum atomic E-state index is 12.8. The molecule has 2 aromatic carbocycles. The lowest BCUT2D eigenvalue weighted by Crippen LogP contribution is -2.02. The molecule has 6 nitrogen and oxygen atoms in total. The summed E-state index contributed by atoms with van der Waals surface area (Å²) in [5.41, 5.74) is 1.06. The molecular weight excluding hydrogens is 358 g/mol. The number of carbonyl (C=O) groups excluding carboxylic acids is 1. The molecule has 0 spiro atoms. The third-order valence-electron chi connectivity index (χ3n) is 4.04. The lowest BCUT2D eigenvalue weighted by atomic mass is 10.0. The predicted molar refractivity (Wildman–Crippen MR) is 104 cm³/mol. The average Bonchev–Trinajstić information content (AvgIpc) is 3.19. The highest BCUT2D eigenvalue weighted by molar-refractivity contribution is 6.14. The smallest absolute Gasteiger partial charge is 0.231 e. The van der Waals surface area contributed by atoms with Crippen LogP contribution >= 0.6 is 0 Å². The van der Waals surface area contributed by atoms with Crippen molar-refractivity contribution in [3.8, 4) is 29.1 Å². The quantitative estimate of drug-likeness (QED) is 0.384. The topological polar surface area (TPSA) is 77.8 Å². The Morgan fingerprint density at radius 1 is 1.11 bits per heavy atom. The van der Waals surface area contributed by atoms with Crippen molar-refractivity contribution >= 4 is 11.9 Å². The van der Waals surface area contributed by atoms with E-state index < -0.39 is 0 Å². The Hall–Kier alpha value is -3.46. The first-order valence-corrected chi connectivity index (χ1v) is 9.12. The summed E-state index contributed by atoms with van der Waals surface area (Å²) in [4.78, 5) is 12.8. The maximum absolute atomic E-state index is 12.8. The van der Waals surface area contributed by atoms with Crippen LogP contribution in [0.1, 0.15) is 36.2 Å². The number of ether oxygens (including phenoxy) is 4. The zero-order valence-electron chi connectivity index (χ0n) is 15.9. The molecule has 0 aliphatic carbocycles. The summed E-state index contributed by atoms with van der Waals surface area (Å²) in [5, 5.41) is 9.50. The molecule has 0 N–H and O–H groups in total. The first kappa shape index (κ1) is 19.3. The van der Waals surface area contributed by atoms with Gasteiger partial charge in [-0.1, -0.05) is 13.0 Å². The Morgan fingerprint density at radius 3 is 2.68 bits per heavy atom. The van der Waals surface area contributed by atoms with Crippen LogP contribution in [0.15, 0.2) is 42.0 Å². The molecule has 1 aliphatic heterocycles. The number of hydrogen-bond donors (Lipinski definition) is 0. The largest absolute Gasteiger partial charge is 0.490 e. The van der Waals surface area contributed by atoms with Gasteiger partial charge < -0.3 is 18.9 Å². The summed E-state index contributed by atoms with van der Waals surface area (Å²) in [5.74, 6) is 1.92. The van der Waals surface area contributed by atoms with Gasteiger partial charge in [-0.3, -0.25) is 4.79 Å². The van der Waals surface area contributed by atoms with Crippen LogP contribution in [0.5, 0.6) is 23.0 Å². The van der Waals surface area contributed by atoms with E-state index in [1.54, 1.807) is 42.5 Å². The van der Waals surface area contributed by atoms with Crippen molar-refractivity contribution < 1.29 is 23.7 Å². The van der Waals surface area contributed by atoms with Gasteiger partial charge in [0.2, 0.25) is 12.6 Å². The number of Topliss-reactive ketones (excluding diaryl/α,β-unsaturated/α-hetero) is 1. The van der Waals surface area contributed by atoms with E-state index in [2.05, 4.69) is 0 Å². The third kappa shape index (κ3) is 4.26. The molecule has 2 aromatic rings. The van der Waals surface area contributed by atoms with Crippen molar-refractivity contribution in [2.24, 2.45) is 0 Å². The molecular formula is C22H21NO5. The molecule has 0 unspecified atom stereocenters. The fourth-order valence-electron chi connectivity index (χ4n) is 2.72. The summed E-state index contributed by atoms with van der Waals surface area (Å²) < 4.78 is 21.9. The van der Waals surface area contributed by atoms with Crippen LogP contribution in [0.3, 0.4) is 0 Å². The Morgan fingerprint density at radius 2 is 1.93 bits per heavy atom. The van der Waals surface area contributed by atoms with Crippen LogP contribution in [0.4, 0.5) is 0 Å². The molecule has 0 saturated heterocycles. The molecule has 3 rings (SSSR count). The molecule has 1 aliphatic rings. The first-order chi connectivity index (χ1) is 13.7. The lowest BCUT2D eigenvalue weighted by molar-refractivity contribution is 0.103. The summed E-state index contributed by atoms with van der Waals surface area (Å²) in [6.07, 6.45) is 2.43. The van der Waals surface area contributed by atoms with Crippen LogP contribution in [0.2, 0.25) is 0 Å². The highest BCUT2D eigenvalue weighted by Crippen LogP contribution is 2.33. The number of benzene rings is 2. The molecule has 0 amide bonds. The van der Waals surface area contributed by atoms with E-state index in [4.69, 9.17) is 18.9 Å². The lowest BCUT2D eigenvalue weighted by Gasteiger charge is -2.12. The molecule has 144 valence electrons. The average molecular weight is 379 g/mol.